The Balaban J connectivity index is 3.88. The standard InChI is InChI=1S/C8H17NO/c1-5-7(9-4)8(10)6(2)3/h7-10H,2,5H2,1,3-4H3/t7-,8-/m1/s1. The van der Waals surface area contributed by atoms with Crippen molar-refractivity contribution in [2.24, 2.45) is 0 Å². The van der Waals surface area contributed by atoms with Crippen LogP contribution in [-0.4, -0.2) is 24.3 Å². The summed E-state index contributed by atoms with van der Waals surface area (Å²) in [5.41, 5.74) is 0.821. The van der Waals surface area contributed by atoms with Crippen molar-refractivity contribution < 1.29 is 5.11 Å². The van der Waals surface area contributed by atoms with Gasteiger partial charge in [-0.1, -0.05) is 19.1 Å². The van der Waals surface area contributed by atoms with Gasteiger partial charge in [-0.15, -0.1) is 0 Å². The molecule has 0 rings (SSSR count). The predicted molar refractivity (Wildman–Crippen MR) is 44.0 cm³/mol. The van der Waals surface area contributed by atoms with Gasteiger partial charge in [0.2, 0.25) is 0 Å². The van der Waals surface area contributed by atoms with E-state index in [0.29, 0.717) is 0 Å². The van der Waals surface area contributed by atoms with Crippen molar-refractivity contribution in [3.05, 3.63) is 12.2 Å². The summed E-state index contributed by atoms with van der Waals surface area (Å²) in [5, 5.41) is 12.4. The highest BCUT2D eigenvalue weighted by Gasteiger charge is 2.14. The Morgan fingerprint density at radius 3 is 2.30 bits per heavy atom. The summed E-state index contributed by atoms with van der Waals surface area (Å²) in [6.07, 6.45) is 0.514. The molecule has 0 aromatic carbocycles. The molecule has 0 aromatic rings. The molecule has 0 amide bonds. The Kier molecular flexibility index (Phi) is 4.32. The van der Waals surface area contributed by atoms with Crippen molar-refractivity contribution in [2.45, 2.75) is 32.4 Å². The van der Waals surface area contributed by atoms with Crippen molar-refractivity contribution in [3.8, 4) is 0 Å². The first-order chi connectivity index (χ1) is 4.63. The minimum atomic E-state index is -0.407. The van der Waals surface area contributed by atoms with Gasteiger partial charge in [-0.25, -0.2) is 0 Å². The van der Waals surface area contributed by atoms with E-state index in [2.05, 4.69) is 11.9 Å². The molecular weight excluding hydrogens is 126 g/mol. The SMILES string of the molecule is C=C(C)[C@@H](O)[C@@H](CC)NC. The molecule has 60 valence electrons. The molecule has 0 saturated heterocycles. The van der Waals surface area contributed by atoms with E-state index in [-0.39, 0.29) is 6.04 Å². The third-order valence-corrected chi connectivity index (χ3v) is 1.70. The highest BCUT2D eigenvalue weighted by atomic mass is 16.3. The number of nitrogens with one attached hydrogen (secondary N) is 1. The molecule has 2 heteroatoms. The second kappa shape index (κ2) is 4.47. The molecule has 0 fully saturated rings. The molecule has 0 aliphatic carbocycles. The molecule has 0 aliphatic heterocycles. The summed E-state index contributed by atoms with van der Waals surface area (Å²) < 4.78 is 0. The lowest BCUT2D eigenvalue weighted by Gasteiger charge is -2.20. The van der Waals surface area contributed by atoms with Gasteiger partial charge in [0.1, 0.15) is 0 Å². The Morgan fingerprint density at radius 2 is 2.20 bits per heavy atom. The molecule has 2 atom stereocenters. The van der Waals surface area contributed by atoms with Crippen LogP contribution in [0.3, 0.4) is 0 Å². The highest BCUT2D eigenvalue weighted by Crippen LogP contribution is 2.05. The zero-order valence-electron chi connectivity index (χ0n) is 7.02. The summed E-state index contributed by atoms with van der Waals surface area (Å²) in [6.45, 7) is 7.55. The van der Waals surface area contributed by atoms with Gasteiger partial charge < -0.3 is 10.4 Å². The van der Waals surface area contributed by atoms with Crippen LogP contribution in [0.4, 0.5) is 0 Å². The van der Waals surface area contributed by atoms with Gasteiger partial charge in [-0.2, -0.15) is 0 Å². The van der Waals surface area contributed by atoms with E-state index < -0.39 is 6.10 Å². The molecule has 0 spiro atoms. The van der Waals surface area contributed by atoms with Gasteiger partial charge in [0.15, 0.2) is 0 Å². The average molecular weight is 143 g/mol. The van der Waals surface area contributed by atoms with Gasteiger partial charge in [-0.05, 0) is 20.4 Å². The molecule has 0 saturated carbocycles. The highest BCUT2D eigenvalue weighted by molar-refractivity contribution is 5.01. The van der Waals surface area contributed by atoms with E-state index in [0.717, 1.165) is 12.0 Å². The van der Waals surface area contributed by atoms with Crippen LogP contribution in [0.1, 0.15) is 20.3 Å². The van der Waals surface area contributed by atoms with E-state index in [9.17, 15) is 5.11 Å². The van der Waals surface area contributed by atoms with Crippen molar-refractivity contribution in [3.63, 3.8) is 0 Å². The lowest BCUT2D eigenvalue weighted by molar-refractivity contribution is 0.162. The minimum Gasteiger partial charge on any atom is -0.387 e. The molecule has 2 nitrogen and oxygen atoms in total. The van der Waals surface area contributed by atoms with Crippen LogP contribution in [0.5, 0.6) is 0 Å². The summed E-state index contributed by atoms with van der Waals surface area (Å²) >= 11 is 0. The number of hydrogen-bond donors (Lipinski definition) is 2. The number of aliphatic hydroxyl groups excluding tert-OH is 1. The fourth-order valence-electron chi connectivity index (χ4n) is 0.929. The molecule has 0 bridgehead atoms. The molecule has 2 N–H and O–H groups in total. The van der Waals surface area contributed by atoms with Crippen LogP contribution in [0.25, 0.3) is 0 Å². The summed E-state index contributed by atoms with van der Waals surface area (Å²) in [7, 11) is 1.85. The smallest absolute Gasteiger partial charge is 0.0897 e. The number of aliphatic hydroxyl groups is 1. The molecule has 0 unspecified atom stereocenters. The van der Waals surface area contributed by atoms with Crippen LogP contribution < -0.4 is 5.32 Å². The monoisotopic (exact) mass is 143 g/mol. The Hall–Kier alpha value is -0.340. The second-order valence-electron chi connectivity index (χ2n) is 2.59. The van der Waals surface area contributed by atoms with E-state index in [1.54, 1.807) is 0 Å². The fourth-order valence-corrected chi connectivity index (χ4v) is 0.929. The van der Waals surface area contributed by atoms with Gasteiger partial charge >= 0.3 is 0 Å². The normalized spacial score (nSPS) is 16.4. The van der Waals surface area contributed by atoms with Crippen LogP contribution in [-0.2, 0) is 0 Å². The summed E-state index contributed by atoms with van der Waals surface area (Å²) in [6, 6.07) is 0.150. The van der Waals surface area contributed by atoms with Crippen molar-refractivity contribution in [1.29, 1.82) is 0 Å². The maximum Gasteiger partial charge on any atom is 0.0897 e. The van der Waals surface area contributed by atoms with E-state index in [4.69, 9.17) is 0 Å². The minimum absolute atomic E-state index is 0.150. The van der Waals surface area contributed by atoms with Gasteiger partial charge in [0.05, 0.1) is 6.10 Å². The first-order valence-electron chi connectivity index (χ1n) is 3.64. The van der Waals surface area contributed by atoms with Crippen LogP contribution >= 0.6 is 0 Å². The first-order valence-corrected chi connectivity index (χ1v) is 3.64. The molecule has 0 aromatic heterocycles. The summed E-state index contributed by atoms with van der Waals surface area (Å²) in [5.74, 6) is 0. The average Bonchev–Trinajstić information content (AvgIpc) is 1.90. The Bertz CT molecular complexity index is 108. The molecule has 0 heterocycles. The number of likely N-dealkylation sites (N-methyl/N-ethyl adjacent to an activating group) is 1. The molecule has 10 heavy (non-hydrogen) atoms. The Morgan fingerprint density at radius 1 is 1.70 bits per heavy atom. The predicted octanol–water partition coefficient (Wildman–Crippen LogP) is 0.921. The van der Waals surface area contributed by atoms with Crippen molar-refractivity contribution >= 4 is 0 Å². The number of rotatable bonds is 4. The summed E-state index contributed by atoms with van der Waals surface area (Å²) in [4.78, 5) is 0. The maximum absolute atomic E-state index is 9.42. The van der Waals surface area contributed by atoms with Gasteiger partial charge in [0, 0.05) is 6.04 Å². The van der Waals surface area contributed by atoms with E-state index in [1.807, 2.05) is 20.9 Å². The van der Waals surface area contributed by atoms with Crippen molar-refractivity contribution in [1.82, 2.24) is 5.32 Å². The molecule has 0 aliphatic rings. The van der Waals surface area contributed by atoms with E-state index >= 15 is 0 Å². The van der Waals surface area contributed by atoms with Crippen LogP contribution in [0.2, 0.25) is 0 Å². The third-order valence-electron chi connectivity index (χ3n) is 1.70. The van der Waals surface area contributed by atoms with E-state index in [1.165, 1.54) is 0 Å². The Labute approximate surface area is 62.9 Å². The zero-order valence-corrected chi connectivity index (χ0v) is 7.02. The molecular formula is C8H17NO. The van der Waals surface area contributed by atoms with Gasteiger partial charge in [0.25, 0.3) is 0 Å². The lowest BCUT2D eigenvalue weighted by Crippen LogP contribution is -2.37. The van der Waals surface area contributed by atoms with Crippen molar-refractivity contribution in [2.75, 3.05) is 7.05 Å². The largest absolute Gasteiger partial charge is 0.387 e. The number of hydrogen-bond acceptors (Lipinski definition) is 2. The van der Waals surface area contributed by atoms with Crippen LogP contribution in [0, 0.1) is 0 Å². The third kappa shape index (κ3) is 2.50. The second-order valence-corrected chi connectivity index (χ2v) is 2.59. The lowest BCUT2D eigenvalue weighted by atomic mass is 10.0. The van der Waals surface area contributed by atoms with Gasteiger partial charge in [-0.3, -0.25) is 0 Å². The fraction of sp³-hybridized carbons (Fsp3) is 0.750. The maximum atomic E-state index is 9.42. The quantitative estimate of drug-likeness (QED) is 0.574. The van der Waals surface area contributed by atoms with Crippen LogP contribution in [0.15, 0.2) is 12.2 Å². The first kappa shape index (κ1) is 9.66. The zero-order chi connectivity index (χ0) is 8.15. The molecule has 0 radical (unpaired) electrons. The topological polar surface area (TPSA) is 32.3 Å².